The first-order valence-corrected chi connectivity index (χ1v) is 7.05. The molecule has 2 N–H and O–H groups in total. The van der Waals surface area contributed by atoms with Crippen molar-refractivity contribution >= 4 is 15.9 Å². The van der Waals surface area contributed by atoms with Crippen molar-refractivity contribution < 1.29 is 5.11 Å². The van der Waals surface area contributed by atoms with Gasteiger partial charge in [0.1, 0.15) is 0 Å². The third-order valence-electron chi connectivity index (χ3n) is 3.09. The van der Waals surface area contributed by atoms with Crippen molar-refractivity contribution in [3.8, 4) is 0 Å². The third-order valence-corrected chi connectivity index (χ3v) is 3.81. The first kappa shape index (κ1) is 14.2. The van der Waals surface area contributed by atoms with Crippen LogP contribution in [-0.2, 0) is 6.42 Å². The molecule has 5 heteroatoms. The van der Waals surface area contributed by atoms with E-state index < -0.39 is 6.10 Å². The Kier molecular flexibility index (Phi) is 5.13. The van der Waals surface area contributed by atoms with E-state index in [-0.39, 0.29) is 0 Å². The van der Waals surface area contributed by atoms with Gasteiger partial charge in [-0.15, -0.1) is 0 Å². The molecule has 19 heavy (non-hydrogen) atoms. The molecule has 0 spiro atoms. The Morgan fingerprint density at radius 3 is 2.89 bits per heavy atom. The van der Waals surface area contributed by atoms with Crippen LogP contribution in [0.4, 0.5) is 0 Å². The maximum atomic E-state index is 10.2. The summed E-state index contributed by atoms with van der Waals surface area (Å²) in [6, 6.07) is 7.78. The van der Waals surface area contributed by atoms with Crippen LogP contribution in [0.3, 0.4) is 0 Å². The standard InChI is InChI=1S/C14H18BrN3O/c1-18(7-6-11-8-16-17-9-11)10-14(19)12-4-2-3-5-13(12)15/h2-5,8-9,14,19H,6-7,10H2,1H3,(H,16,17). The second-order valence-corrected chi connectivity index (χ2v) is 5.51. The number of rotatable bonds is 6. The molecule has 0 fully saturated rings. The van der Waals surface area contributed by atoms with Crippen LogP contribution in [0.25, 0.3) is 0 Å². The molecule has 0 aliphatic carbocycles. The number of aliphatic hydroxyl groups excluding tert-OH is 1. The van der Waals surface area contributed by atoms with E-state index in [1.807, 2.05) is 43.7 Å². The van der Waals surface area contributed by atoms with Crippen LogP contribution in [0.5, 0.6) is 0 Å². The quantitative estimate of drug-likeness (QED) is 0.858. The van der Waals surface area contributed by atoms with Crippen molar-refractivity contribution in [1.29, 1.82) is 0 Å². The van der Waals surface area contributed by atoms with Crippen molar-refractivity contribution in [3.63, 3.8) is 0 Å². The van der Waals surface area contributed by atoms with E-state index in [0.717, 1.165) is 23.0 Å². The summed E-state index contributed by atoms with van der Waals surface area (Å²) in [4.78, 5) is 2.12. The van der Waals surface area contributed by atoms with Crippen molar-refractivity contribution in [2.45, 2.75) is 12.5 Å². The Morgan fingerprint density at radius 1 is 1.42 bits per heavy atom. The number of aliphatic hydroxyl groups is 1. The van der Waals surface area contributed by atoms with E-state index in [9.17, 15) is 5.11 Å². The Balaban J connectivity index is 1.85. The molecule has 0 aliphatic heterocycles. The highest BCUT2D eigenvalue weighted by Crippen LogP contribution is 2.23. The fourth-order valence-electron chi connectivity index (χ4n) is 1.96. The summed E-state index contributed by atoms with van der Waals surface area (Å²) in [5.74, 6) is 0. The minimum absolute atomic E-state index is 0.482. The molecule has 0 saturated carbocycles. The number of nitrogens with zero attached hydrogens (tertiary/aromatic N) is 2. The van der Waals surface area contributed by atoms with Gasteiger partial charge in [-0.3, -0.25) is 5.10 Å². The van der Waals surface area contributed by atoms with E-state index in [1.165, 1.54) is 5.56 Å². The van der Waals surface area contributed by atoms with Crippen LogP contribution in [0.2, 0.25) is 0 Å². The normalized spacial score (nSPS) is 12.8. The molecule has 0 radical (unpaired) electrons. The molecule has 0 bridgehead atoms. The van der Waals surface area contributed by atoms with Gasteiger partial charge in [0.15, 0.2) is 0 Å². The minimum atomic E-state index is -0.482. The molecule has 1 heterocycles. The number of benzene rings is 1. The van der Waals surface area contributed by atoms with Crippen LogP contribution in [0.1, 0.15) is 17.2 Å². The highest BCUT2D eigenvalue weighted by atomic mass is 79.9. The molecule has 1 aromatic carbocycles. The van der Waals surface area contributed by atoms with Gasteiger partial charge in [-0.2, -0.15) is 5.10 Å². The van der Waals surface area contributed by atoms with Crippen molar-refractivity contribution in [2.75, 3.05) is 20.1 Å². The summed E-state index contributed by atoms with van der Waals surface area (Å²) in [5, 5.41) is 17.0. The minimum Gasteiger partial charge on any atom is -0.387 e. The molecule has 0 amide bonds. The van der Waals surface area contributed by atoms with Crippen molar-refractivity contribution in [2.24, 2.45) is 0 Å². The first-order valence-electron chi connectivity index (χ1n) is 6.25. The molecule has 0 saturated heterocycles. The zero-order chi connectivity index (χ0) is 13.7. The Hall–Kier alpha value is -1.17. The lowest BCUT2D eigenvalue weighted by molar-refractivity contribution is 0.127. The lowest BCUT2D eigenvalue weighted by atomic mass is 10.1. The first-order chi connectivity index (χ1) is 9.16. The second-order valence-electron chi connectivity index (χ2n) is 4.66. The van der Waals surface area contributed by atoms with Gasteiger partial charge >= 0.3 is 0 Å². The van der Waals surface area contributed by atoms with Crippen LogP contribution in [-0.4, -0.2) is 40.3 Å². The third kappa shape index (κ3) is 4.16. The monoisotopic (exact) mass is 323 g/mol. The summed E-state index contributed by atoms with van der Waals surface area (Å²) in [7, 11) is 2.01. The highest BCUT2D eigenvalue weighted by molar-refractivity contribution is 9.10. The van der Waals surface area contributed by atoms with Gasteiger partial charge in [-0.25, -0.2) is 0 Å². The zero-order valence-corrected chi connectivity index (χ0v) is 12.5. The average molecular weight is 324 g/mol. The number of nitrogens with one attached hydrogen (secondary N) is 1. The Bertz CT molecular complexity index is 501. The van der Waals surface area contributed by atoms with Gasteiger partial charge in [-0.1, -0.05) is 34.1 Å². The maximum Gasteiger partial charge on any atom is 0.0927 e. The van der Waals surface area contributed by atoms with E-state index in [0.29, 0.717) is 6.54 Å². The lowest BCUT2D eigenvalue weighted by Crippen LogP contribution is -2.26. The second kappa shape index (κ2) is 6.84. The van der Waals surface area contributed by atoms with Gasteiger partial charge in [-0.05, 0) is 30.7 Å². The molecule has 2 aromatic rings. The van der Waals surface area contributed by atoms with E-state index >= 15 is 0 Å². The zero-order valence-electron chi connectivity index (χ0n) is 10.9. The predicted octanol–water partition coefficient (Wildman–Crippen LogP) is 2.38. The number of H-pyrrole nitrogens is 1. The largest absolute Gasteiger partial charge is 0.387 e. The average Bonchev–Trinajstić information content (AvgIpc) is 2.90. The fraction of sp³-hybridized carbons (Fsp3) is 0.357. The van der Waals surface area contributed by atoms with Crippen LogP contribution in [0.15, 0.2) is 41.1 Å². The van der Waals surface area contributed by atoms with Gasteiger partial charge in [0, 0.05) is 23.8 Å². The number of hydrogen-bond donors (Lipinski definition) is 2. The summed E-state index contributed by atoms with van der Waals surface area (Å²) in [5.41, 5.74) is 2.11. The molecule has 102 valence electrons. The molecular weight excluding hydrogens is 306 g/mol. The van der Waals surface area contributed by atoms with Gasteiger partial charge in [0.2, 0.25) is 0 Å². The molecule has 0 aliphatic rings. The molecule has 2 rings (SSSR count). The summed E-state index contributed by atoms with van der Waals surface area (Å²) in [6.07, 6.45) is 4.18. The van der Waals surface area contributed by atoms with Gasteiger partial charge in [0.05, 0.1) is 12.3 Å². The lowest BCUT2D eigenvalue weighted by Gasteiger charge is -2.21. The molecule has 4 nitrogen and oxygen atoms in total. The van der Waals surface area contributed by atoms with E-state index in [4.69, 9.17) is 0 Å². The fourth-order valence-corrected chi connectivity index (χ4v) is 2.51. The van der Waals surface area contributed by atoms with E-state index in [1.54, 1.807) is 0 Å². The molecule has 1 aromatic heterocycles. The number of aromatic nitrogens is 2. The molecule has 1 atom stereocenters. The number of hydrogen-bond acceptors (Lipinski definition) is 3. The Morgan fingerprint density at radius 2 is 2.21 bits per heavy atom. The highest BCUT2D eigenvalue weighted by Gasteiger charge is 2.13. The topological polar surface area (TPSA) is 52.2 Å². The molecular formula is C14H18BrN3O. The SMILES string of the molecule is CN(CCc1cn[nH]c1)CC(O)c1ccccc1Br. The van der Waals surface area contributed by atoms with Crippen LogP contribution < -0.4 is 0 Å². The van der Waals surface area contributed by atoms with Crippen LogP contribution >= 0.6 is 15.9 Å². The molecule has 1 unspecified atom stereocenters. The summed E-state index contributed by atoms with van der Waals surface area (Å²) < 4.78 is 0.950. The number of halogens is 1. The number of aromatic amines is 1. The van der Waals surface area contributed by atoms with Crippen LogP contribution in [0, 0.1) is 0 Å². The Labute approximate surface area is 121 Å². The maximum absolute atomic E-state index is 10.2. The number of likely N-dealkylation sites (N-methyl/N-ethyl adjacent to an activating group) is 1. The summed E-state index contributed by atoms with van der Waals surface area (Å²) in [6.45, 7) is 1.50. The smallest absolute Gasteiger partial charge is 0.0927 e. The van der Waals surface area contributed by atoms with Gasteiger partial charge in [0.25, 0.3) is 0 Å². The van der Waals surface area contributed by atoms with Gasteiger partial charge < -0.3 is 10.0 Å². The van der Waals surface area contributed by atoms with Crippen molar-refractivity contribution in [3.05, 3.63) is 52.3 Å². The van der Waals surface area contributed by atoms with Crippen molar-refractivity contribution in [1.82, 2.24) is 15.1 Å². The summed E-state index contributed by atoms with van der Waals surface area (Å²) >= 11 is 3.47. The predicted molar refractivity (Wildman–Crippen MR) is 78.9 cm³/mol. The van der Waals surface area contributed by atoms with E-state index in [2.05, 4.69) is 31.0 Å².